The summed E-state index contributed by atoms with van der Waals surface area (Å²) in [7, 11) is 1.53. The highest BCUT2D eigenvalue weighted by molar-refractivity contribution is 6.04. The molecule has 0 aromatic heterocycles. The van der Waals surface area contributed by atoms with Gasteiger partial charge in [0.2, 0.25) is 11.8 Å². The first-order chi connectivity index (χ1) is 14.0. The molecule has 3 amide bonds. The number of fused-ring (bicyclic) bond motifs is 3. The number of hydrogen-bond donors (Lipinski definition) is 3. The third kappa shape index (κ3) is 3.87. The van der Waals surface area contributed by atoms with Crippen molar-refractivity contribution in [1.82, 2.24) is 10.6 Å². The Hall–Kier alpha value is -3.55. The lowest BCUT2D eigenvalue weighted by Gasteiger charge is -2.32. The standard InChI is InChI=1S/C21H22N4O4/c1-29-15-6-4-5-13(9-15)20(27)22-11-19(26)23-14-10-18-21(28)24-16-7-2-3-8-17(16)25(18)12-14/h2-9,14,18H,10-12H2,1H3,(H,22,27)(H,23,26)(H,24,28). The average Bonchev–Trinajstić information content (AvgIpc) is 3.16. The molecule has 3 N–H and O–H groups in total. The quantitative estimate of drug-likeness (QED) is 0.706. The minimum atomic E-state index is -0.351. The van der Waals surface area contributed by atoms with Gasteiger partial charge in [0.05, 0.1) is 25.0 Å². The average molecular weight is 394 g/mol. The molecular formula is C21H22N4O4. The number of nitrogens with zero attached hydrogens (tertiary/aromatic N) is 1. The summed E-state index contributed by atoms with van der Waals surface area (Å²) in [4.78, 5) is 38.9. The van der Waals surface area contributed by atoms with E-state index in [-0.39, 0.29) is 36.3 Å². The topological polar surface area (TPSA) is 99.8 Å². The molecule has 2 unspecified atom stereocenters. The number of rotatable bonds is 5. The summed E-state index contributed by atoms with van der Waals surface area (Å²) < 4.78 is 5.10. The van der Waals surface area contributed by atoms with Crippen LogP contribution in [0.5, 0.6) is 5.75 Å². The van der Waals surface area contributed by atoms with E-state index in [4.69, 9.17) is 4.74 Å². The van der Waals surface area contributed by atoms with Gasteiger partial charge >= 0.3 is 0 Å². The second-order valence-corrected chi connectivity index (χ2v) is 7.09. The Bertz CT molecular complexity index is 961. The maximum atomic E-state index is 12.4. The van der Waals surface area contributed by atoms with E-state index in [2.05, 4.69) is 16.0 Å². The molecule has 4 rings (SSSR count). The van der Waals surface area contributed by atoms with E-state index < -0.39 is 0 Å². The van der Waals surface area contributed by atoms with Crippen LogP contribution in [0, 0.1) is 0 Å². The largest absolute Gasteiger partial charge is 0.497 e. The summed E-state index contributed by atoms with van der Waals surface area (Å²) in [5.74, 6) is -0.133. The van der Waals surface area contributed by atoms with Crippen molar-refractivity contribution in [1.29, 1.82) is 0 Å². The van der Waals surface area contributed by atoms with Crippen LogP contribution in [0.25, 0.3) is 0 Å². The highest BCUT2D eigenvalue weighted by atomic mass is 16.5. The Balaban J connectivity index is 1.33. The Morgan fingerprint density at radius 3 is 2.86 bits per heavy atom. The summed E-state index contributed by atoms with van der Waals surface area (Å²) in [6, 6.07) is 13.9. The molecule has 2 atom stereocenters. The lowest BCUT2D eigenvalue weighted by molar-refractivity contribution is -0.121. The molecule has 150 valence electrons. The molecule has 2 aliphatic rings. The van der Waals surface area contributed by atoms with Crippen molar-refractivity contribution in [2.45, 2.75) is 18.5 Å². The number of hydrogen-bond acceptors (Lipinski definition) is 5. The fourth-order valence-electron chi connectivity index (χ4n) is 3.81. The van der Waals surface area contributed by atoms with Crippen molar-refractivity contribution >= 4 is 29.1 Å². The van der Waals surface area contributed by atoms with Gasteiger partial charge in [-0.05, 0) is 36.8 Å². The molecule has 0 spiro atoms. The number of para-hydroxylation sites is 2. The summed E-state index contributed by atoms with van der Waals surface area (Å²) in [5.41, 5.74) is 2.16. The van der Waals surface area contributed by atoms with Crippen LogP contribution < -0.4 is 25.6 Å². The number of benzene rings is 2. The Morgan fingerprint density at radius 2 is 2.03 bits per heavy atom. The van der Waals surface area contributed by atoms with E-state index in [9.17, 15) is 14.4 Å². The van der Waals surface area contributed by atoms with Gasteiger partial charge in [-0.15, -0.1) is 0 Å². The van der Waals surface area contributed by atoms with Crippen molar-refractivity contribution in [3.8, 4) is 5.75 Å². The van der Waals surface area contributed by atoms with Gasteiger partial charge in [-0.25, -0.2) is 0 Å². The Kier molecular flexibility index (Phi) is 5.07. The molecular weight excluding hydrogens is 372 g/mol. The third-order valence-corrected chi connectivity index (χ3v) is 5.18. The highest BCUT2D eigenvalue weighted by Crippen LogP contribution is 2.36. The zero-order chi connectivity index (χ0) is 20.4. The second kappa shape index (κ2) is 7.83. The number of methoxy groups -OCH3 is 1. The Labute approximate surface area is 168 Å². The van der Waals surface area contributed by atoms with Gasteiger partial charge in [0.15, 0.2) is 0 Å². The van der Waals surface area contributed by atoms with Gasteiger partial charge in [-0.2, -0.15) is 0 Å². The number of amides is 3. The monoisotopic (exact) mass is 394 g/mol. The molecule has 0 bridgehead atoms. The summed E-state index contributed by atoms with van der Waals surface area (Å²) in [6.07, 6.45) is 0.524. The van der Waals surface area contributed by atoms with Crippen LogP contribution in [0.4, 0.5) is 11.4 Å². The van der Waals surface area contributed by atoms with Crippen molar-refractivity contribution < 1.29 is 19.1 Å². The smallest absolute Gasteiger partial charge is 0.251 e. The highest BCUT2D eigenvalue weighted by Gasteiger charge is 2.41. The molecule has 8 heteroatoms. The zero-order valence-electron chi connectivity index (χ0n) is 16.0. The van der Waals surface area contributed by atoms with Gasteiger partial charge in [-0.1, -0.05) is 18.2 Å². The number of nitrogens with one attached hydrogen (secondary N) is 3. The van der Waals surface area contributed by atoms with E-state index in [1.54, 1.807) is 24.3 Å². The Morgan fingerprint density at radius 1 is 1.21 bits per heavy atom. The minimum Gasteiger partial charge on any atom is -0.497 e. The van der Waals surface area contributed by atoms with Crippen molar-refractivity contribution in [2.75, 3.05) is 30.4 Å². The van der Waals surface area contributed by atoms with Gasteiger partial charge in [0, 0.05) is 18.2 Å². The number of ether oxygens (including phenoxy) is 1. The molecule has 29 heavy (non-hydrogen) atoms. The van der Waals surface area contributed by atoms with Crippen molar-refractivity contribution in [3.63, 3.8) is 0 Å². The number of carbonyl (C=O) groups is 3. The normalized spacial score (nSPS) is 19.6. The van der Waals surface area contributed by atoms with Crippen LogP contribution in [0.2, 0.25) is 0 Å². The second-order valence-electron chi connectivity index (χ2n) is 7.09. The lowest BCUT2D eigenvalue weighted by atomic mass is 10.1. The first kappa shape index (κ1) is 18.8. The first-order valence-electron chi connectivity index (χ1n) is 9.43. The number of carbonyl (C=O) groups excluding carboxylic acids is 3. The molecule has 2 aromatic carbocycles. The SMILES string of the molecule is COc1cccc(C(=O)NCC(=O)NC2CC3C(=O)Nc4ccccc4N3C2)c1. The van der Waals surface area contributed by atoms with Gasteiger partial charge < -0.3 is 25.6 Å². The van der Waals surface area contributed by atoms with E-state index in [0.29, 0.717) is 24.3 Å². The molecule has 2 aliphatic heterocycles. The molecule has 2 heterocycles. The van der Waals surface area contributed by atoms with Crippen molar-refractivity contribution in [2.24, 2.45) is 0 Å². The van der Waals surface area contributed by atoms with Gasteiger partial charge in [0.1, 0.15) is 11.8 Å². The first-order valence-corrected chi connectivity index (χ1v) is 9.43. The van der Waals surface area contributed by atoms with Crippen LogP contribution >= 0.6 is 0 Å². The van der Waals surface area contributed by atoms with Crippen LogP contribution in [-0.2, 0) is 9.59 Å². The van der Waals surface area contributed by atoms with Crippen LogP contribution in [0.1, 0.15) is 16.8 Å². The predicted octanol–water partition coefficient (Wildman–Crippen LogP) is 1.14. The molecule has 8 nitrogen and oxygen atoms in total. The predicted molar refractivity (Wildman–Crippen MR) is 108 cm³/mol. The summed E-state index contributed by atoms with van der Waals surface area (Å²) >= 11 is 0. The molecule has 0 radical (unpaired) electrons. The lowest BCUT2D eigenvalue weighted by Crippen LogP contribution is -2.44. The van der Waals surface area contributed by atoms with Crippen molar-refractivity contribution in [3.05, 3.63) is 54.1 Å². The van der Waals surface area contributed by atoms with Crippen LogP contribution in [0.3, 0.4) is 0 Å². The maximum Gasteiger partial charge on any atom is 0.251 e. The van der Waals surface area contributed by atoms with E-state index in [1.807, 2.05) is 29.2 Å². The van der Waals surface area contributed by atoms with E-state index in [0.717, 1.165) is 11.4 Å². The fourth-order valence-corrected chi connectivity index (χ4v) is 3.81. The fraction of sp³-hybridized carbons (Fsp3) is 0.286. The maximum absolute atomic E-state index is 12.4. The molecule has 0 aliphatic carbocycles. The molecule has 0 saturated carbocycles. The van der Waals surface area contributed by atoms with Gasteiger partial charge in [-0.3, -0.25) is 14.4 Å². The van der Waals surface area contributed by atoms with E-state index in [1.165, 1.54) is 7.11 Å². The molecule has 2 aromatic rings. The molecule has 1 fully saturated rings. The summed E-state index contributed by atoms with van der Waals surface area (Å²) in [5, 5.41) is 8.44. The van der Waals surface area contributed by atoms with Gasteiger partial charge in [0.25, 0.3) is 5.91 Å². The molecule has 1 saturated heterocycles. The zero-order valence-corrected chi connectivity index (χ0v) is 16.0. The third-order valence-electron chi connectivity index (χ3n) is 5.18. The minimum absolute atomic E-state index is 0.0632. The van der Waals surface area contributed by atoms with Crippen LogP contribution in [-0.4, -0.2) is 50.0 Å². The number of anilines is 2. The van der Waals surface area contributed by atoms with E-state index >= 15 is 0 Å². The summed E-state index contributed by atoms with van der Waals surface area (Å²) in [6.45, 7) is 0.407. The van der Waals surface area contributed by atoms with Crippen LogP contribution in [0.15, 0.2) is 48.5 Å².